The second-order valence-electron chi connectivity index (χ2n) is 5.60. The second kappa shape index (κ2) is 9.10. The first kappa shape index (κ1) is 19.6. The smallest absolute Gasteiger partial charge is 0.332 e. The summed E-state index contributed by atoms with van der Waals surface area (Å²) >= 11 is 0. The molecule has 0 atom stereocenters. The van der Waals surface area contributed by atoms with Crippen molar-refractivity contribution in [3.8, 4) is 17.2 Å². The largest absolute Gasteiger partial charge is 0.493 e. The van der Waals surface area contributed by atoms with Crippen LogP contribution in [0.2, 0.25) is 0 Å². The summed E-state index contributed by atoms with van der Waals surface area (Å²) in [6.07, 6.45) is 1.23. The van der Waals surface area contributed by atoms with Gasteiger partial charge in [-0.1, -0.05) is 0 Å². The topological polar surface area (TPSA) is 94.5 Å². The number of rotatable bonds is 7. The Hall–Kier alpha value is -2.74. The monoisotopic (exact) mass is 365 g/mol. The minimum atomic E-state index is -1.15. The van der Waals surface area contributed by atoms with Gasteiger partial charge in [0.2, 0.25) is 11.7 Å². The third-order valence-electron chi connectivity index (χ3n) is 4.01. The molecular weight excluding hydrogens is 342 g/mol. The van der Waals surface area contributed by atoms with E-state index in [1.807, 2.05) is 0 Å². The summed E-state index contributed by atoms with van der Waals surface area (Å²) in [4.78, 5) is 25.6. The maximum Gasteiger partial charge on any atom is 0.332 e. The normalized spacial score (nSPS) is 14.7. The average molecular weight is 365 g/mol. The molecule has 26 heavy (non-hydrogen) atoms. The Morgan fingerprint density at radius 2 is 1.69 bits per heavy atom. The maximum absolute atomic E-state index is 12.3. The van der Waals surface area contributed by atoms with Crippen LogP contribution in [0.5, 0.6) is 17.2 Å². The zero-order valence-electron chi connectivity index (χ0n) is 15.1. The van der Waals surface area contributed by atoms with Gasteiger partial charge in [0.15, 0.2) is 11.5 Å². The van der Waals surface area contributed by atoms with Gasteiger partial charge in [0.05, 0.1) is 41.0 Å². The summed E-state index contributed by atoms with van der Waals surface area (Å²) in [5, 5.41) is 9.48. The van der Waals surface area contributed by atoms with Crippen LogP contribution < -0.4 is 14.2 Å². The molecule has 1 aromatic carbocycles. The first-order valence-corrected chi connectivity index (χ1v) is 8.09. The molecular formula is C18H23NO7. The molecule has 0 bridgehead atoms. The van der Waals surface area contributed by atoms with Crippen molar-refractivity contribution >= 4 is 18.0 Å². The zero-order valence-corrected chi connectivity index (χ0v) is 15.1. The Morgan fingerprint density at radius 3 is 2.15 bits per heavy atom. The molecule has 8 nitrogen and oxygen atoms in total. The fraction of sp³-hybridized carbons (Fsp3) is 0.444. The number of carboxylic acid groups (broad SMARTS) is 1. The van der Waals surface area contributed by atoms with Crippen molar-refractivity contribution in [3.05, 3.63) is 23.3 Å². The molecule has 142 valence electrons. The Balaban J connectivity index is 2.30. The summed E-state index contributed by atoms with van der Waals surface area (Å²) < 4.78 is 21.0. The molecule has 0 unspecified atom stereocenters. The van der Waals surface area contributed by atoms with E-state index in [2.05, 4.69) is 0 Å². The van der Waals surface area contributed by atoms with Crippen molar-refractivity contribution in [2.45, 2.75) is 6.42 Å². The molecule has 0 radical (unpaired) electrons. The number of amides is 1. The van der Waals surface area contributed by atoms with Crippen LogP contribution in [0.1, 0.15) is 12.0 Å². The van der Waals surface area contributed by atoms with Crippen molar-refractivity contribution in [1.29, 1.82) is 0 Å². The van der Waals surface area contributed by atoms with Gasteiger partial charge >= 0.3 is 5.97 Å². The number of morpholine rings is 1. The standard InChI is InChI=1S/C18H23NO7/c1-23-14-9-12(10-15(24-2)17(14)25-3)8-13(18(21)22)11-16(20)19-4-6-26-7-5-19/h8-10H,4-7,11H2,1-3H3,(H,21,22). The SMILES string of the molecule is COc1cc(C=C(CC(=O)N2CCOCC2)C(=O)O)cc(OC)c1OC. The van der Waals surface area contributed by atoms with E-state index in [0.29, 0.717) is 49.1 Å². The van der Waals surface area contributed by atoms with E-state index < -0.39 is 5.97 Å². The Labute approximate surface area is 151 Å². The molecule has 1 heterocycles. The van der Waals surface area contributed by atoms with E-state index in [1.54, 1.807) is 17.0 Å². The molecule has 0 aromatic heterocycles. The van der Waals surface area contributed by atoms with Crippen molar-refractivity contribution in [3.63, 3.8) is 0 Å². The number of carbonyl (C=O) groups excluding carboxylic acids is 1. The molecule has 1 saturated heterocycles. The predicted molar refractivity (Wildman–Crippen MR) is 93.7 cm³/mol. The highest BCUT2D eigenvalue weighted by molar-refractivity contribution is 5.98. The second-order valence-corrected chi connectivity index (χ2v) is 5.60. The number of nitrogens with zero attached hydrogens (tertiary/aromatic N) is 1. The number of carbonyl (C=O) groups is 2. The first-order chi connectivity index (χ1) is 12.5. The van der Waals surface area contributed by atoms with E-state index >= 15 is 0 Å². The van der Waals surface area contributed by atoms with Gasteiger partial charge in [0.1, 0.15) is 0 Å². The molecule has 2 rings (SSSR count). The highest BCUT2D eigenvalue weighted by Gasteiger charge is 2.21. The van der Waals surface area contributed by atoms with Crippen LogP contribution in [-0.2, 0) is 14.3 Å². The van der Waals surface area contributed by atoms with Crippen LogP contribution in [0.4, 0.5) is 0 Å². The van der Waals surface area contributed by atoms with Gasteiger partial charge in [-0.15, -0.1) is 0 Å². The van der Waals surface area contributed by atoms with Crippen LogP contribution in [-0.4, -0.2) is 69.5 Å². The highest BCUT2D eigenvalue weighted by Crippen LogP contribution is 2.38. The Kier molecular flexibility index (Phi) is 6.85. The summed E-state index contributed by atoms with van der Waals surface area (Å²) in [6.45, 7) is 1.86. The Morgan fingerprint density at radius 1 is 1.12 bits per heavy atom. The molecule has 0 aliphatic carbocycles. The van der Waals surface area contributed by atoms with Crippen molar-refractivity contribution < 1.29 is 33.6 Å². The quantitative estimate of drug-likeness (QED) is 0.731. The van der Waals surface area contributed by atoms with Gasteiger partial charge in [0.25, 0.3) is 0 Å². The minimum absolute atomic E-state index is 0.0178. The van der Waals surface area contributed by atoms with E-state index in [-0.39, 0.29) is 17.9 Å². The van der Waals surface area contributed by atoms with Crippen molar-refractivity contribution in [2.75, 3.05) is 47.6 Å². The van der Waals surface area contributed by atoms with Gasteiger partial charge in [-0.2, -0.15) is 0 Å². The summed E-state index contributed by atoms with van der Waals surface area (Å²) in [6, 6.07) is 3.26. The average Bonchev–Trinajstić information content (AvgIpc) is 2.66. The van der Waals surface area contributed by atoms with E-state index in [1.165, 1.54) is 27.4 Å². The van der Waals surface area contributed by atoms with E-state index in [0.717, 1.165) is 0 Å². The summed E-state index contributed by atoms with van der Waals surface area (Å²) in [7, 11) is 4.44. The lowest BCUT2D eigenvalue weighted by Gasteiger charge is -2.26. The lowest BCUT2D eigenvalue weighted by atomic mass is 10.1. The number of methoxy groups -OCH3 is 3. The predicted octanol–water partition coefficient (Wildman–Crippen LogP) is 1.43. The lowest BCUT2D eigenvalue weighted by Crippen LogP contribution is -2.41. The van der Waals surface area contributed by atoms with Crippen LogP contribution in [0, 0.1) is 0 Å². The molecule has 0 spiro atoms. The third kappa shape index (κ3) is 4.66. The number of aliphatic carboxylic acids is 1. The summed E-state index contributed by atoms with van der Waals surface area (Å²) in [5.41, 5.74) is 0.516. The molecule has 1 aliphatic heterocycles. The van der Waals surface area contributed by atoms with Crippen LogP contribution in [0.3, 0.4) is 0 Å². The molecule has 1 amide bonds. The van der Waals surface area contributed by atoms with Crippen LogP contribution in [0.25, 0.3) is 6.08 Å². The third-order valence-corrected chi connectivity index (χ3v) is 4.01. The Bertz CT molecular complexity index is 668. The molecule has 0 saturated carbocycles. The lowest BCUT2D eigenvalue weighted by molar-refractivity contribution is -0.138. The van der Waals surface area contributed by atoms with Crippen LogP contribution >= 0.6 is 0 Å². The molecule has 1 fully saturated rings. The number of hydrogen-bond donors (Lipinski definition) is 1. The molecule has 1 N–H and O–H groups in total. The fourth-order valence-corrected chi connectivity index (χ4v) is 2.66. The number of benzene rings is 1. The number of carboxylic acids is 1. The highest BCUT2D eigenvalue weighted by atomic mass is 16.5. The van der Waals surface area contributed by atoms with E-state index in [9.17, 15) is 14.7 Å². The van der Waals surface area contributed by atoms with Gasteiger partial charge in [-0.3, -0.25) is 4.79 Å². The van der Waals surface area contributed by atoms with Gasteiger partial charge < -0.3 is 29.0 Å². The fourth-order valence-electron chi connectivity index (χ4n) is 2.66. The van der Waals surface area contributed by atoms with Crippen molar-refractivity contribution in [2.24, 2.45) is 0 Å². The van der Waals surface area contributed by atoms with Gasteiger partial charge in [-0.25, -0.2) is 4.79 Å². The minimum Gasteiger partial charge on any atom is -0.493 e. The van der Waals surface area contributed by atoms with Gasteiger partial charge in [-0.05, 0) is 23.8 Å². The number of ether oxygens (including phenoxy) is 4. The summed E-state index contributed by atoms with van der Waals surface area (Å²) in [5.74, 6) is -0.173. The van der Waals surface area contributed by atoms with Gasteiger partial charge in [0, 0.05) is 18.7 Å². The molecule has 8 heteroatoms. The van der Waals surface area contributed by atoms with Crippen LogP contribution in [0.15, 0.2) is 17.7 Å². The van der Waals surface area contributed by atoms with E-state index in [4.69, 9.17) is 18.9 Å². The number of hydrogen-bond acceptors (Lipinski definition) is 6. The zero-order chi connectivity index (χ0) is 19.1. The molecule has 1 aliphatic rings. The maximum atomic E-state index is 12.3. The van der Waals surface area contributed by atoms with Crippen molar-refractivity contribution in [1.82, 2.24) is 4.90 Å². The first-order valence-electron chi connectivity index (χ1n) is 8.09. The molecule has 1 aromatic rings.